The monoisotopic (exact) mass is 374 g/mol. The number of aryl methyl sites for hydroxylation is 1. The van der Waals surface area contributed by atoms with Crippen LogP contribution in [-0.4, -0.2) is 18.7 Å². The molecule has 0 unspecified atom stereocenters. The summed E-state index contributed by atoms with van der Waals surface area (Å²) in [5.74, 6) is 1.07. The second-order valence-electron chi connectivity index (χ2n) is 6.25. The summed E-state index contributed by atoms with van der Waals surface area (Å²) in [5, 5.41) is 3.97. The van der Waals surface area contributed by atoms with Crippen molar-refractivity contribution in [2.45, 2.75) is 13.5 Å². The van der Waals surface area contributed by atoms with Crippen LogP contribution < -0.4 is 14.9 Å². The van der Waals surface area contributed by atoms with Gasteiger partial charge in [0, 0.05) is 0 Å². The van der Waals surface area contributed by atoms with E-state index in [-0.39, 0.29) is 12.5 Å². The predicted octanol–water partition coefficient (Wildman–Crippen LogP) is 4.10. The van der Waals surface area contributed by atoms with Gasteiger partial charge in [-0.1, -0.05) is 54.6 Å². The standard InChI is InChI=1S/C23H22N2O3/c1-18-7-5-11-21(13-18)28-17-23(26)25-24-15-20-10-6-12-22(14-20)27-16-19-8-3-2-4-9-19/h2-15H,16-17H2,1H3,(H,25,26)/b24-15-. The van der Waals surface area contributed by atoms with E-state index in [1.807, 2.05) is 85.8 Å². The third-order valence-electron chi connectivity index (χ3n) is 3.87. The highest BCUT2D eigenvalue weighted by molar-refractivity contribution is 5.83. The van der Waals surface area contributed by atoms with Gasteiger partial charge in [0.2, 0.25) is 0 Å². The van der Waals surface area contributed by atoms with E-state index < -0.39 is 0 Å². The zero-order chi connectivity index (χ0) is 19.6. The van der Waals surface area contributed by atoms with Crippen LogP contribution in [0.2, 0.25) is 0 Å². The molecule has 0 aliphatic heterocycles. The number of hydrazone groups is 1. The van der Waals surface area contributed by atoms with E-state index in [4.69, 9.17) is 9.47 Å². The molecule has 0 spiro atoms. The highest BCUT2D eigenvalue weighted by atomic mass is 16.5. The van der Waals surface area contributed by atoms with Gasteiger partial charge in [0.1, 0.15) is 18.1 Å². The zero-order valence-electron chi connectivity index (χ0n) is 15.7. The van der Waals surface area contributed by atoms with Gasteiger partial charge in [-0.05, 0) is 47.9 Å². The number of hydrogen-bond acceptors (Lipinski definition) is 4. The molecule has 5 nitrogen and oxygen atoms in total. The van der Waals surface area contributed by atoms with Gasteiger partial charge in [-0.2, -0.15) is 5.10 Å². The molecule has 0 bridgehead atoms. The summed E-state index contributed by atoms with van der Waals surface area (Å²) in [7, 11) is 0. The van der Waals surface area contributed by atoms with Crippen molar-refractivity contribution in [3.63, 3.8) is 0 Å². The van der Waals surface area contributed by atoms with Gasteiger partial charge in [-0.15, -0.1) is 0 Å². The maximum atomic E-state index is 11.8. The Kier molecular flexibility index (Phi) is 6.79. The lowest BCUT2D eigenvalue weighted by molar-refractivity contribution is -0.123. The summed E-state index contributed by atoms with van der Waals surface area (Å²) in [6.07, 6.45) is 1.57. The largest absolute Gasteiger partial charge is 0.489 e. The van der Waals surface area contributed by atoms with E-state index in [0.717, 1.165) is 22.4 Å². The molecule has 0 heterocycles. The van der Waals surface area contributed by atoms with Crippen LogP contribution >= 0.6 is 0 Å². The van der Waals surface area contributed by atoms with Gasteiger partial charge >= 0.3 is 0 Å². The van der Waals surface area contributed by atoms with Crippen molar-refractivity contribution in [1.29, 1.82) is 0 Å². The van der Waals surface area contributed by atoms with Gasteiger partial charge in [-0.25, -0.2) is 5.43 Å². The van der Waals surface area contributed by atoms with E-state index in [9.17, 15) is 4.79 Å². The minimum atomic E-state index is -0.325. The lowest BCUT2D eigenvalue weighted by atomic mass is 10.2. The number of amides is 1. The number of hydrogen-bond donors (Lipinski definition) is 1. The Hall–Kier alpha value is -3.60. The summed E-state index contributed by atoms with van der Waals surface area (Å²) >= 11 is 0. The van der Waals surface area contributed by atoms with Crippen molar-refractivity contribution in [1.82, 2.24) is 5.43 Å². The van der Waals surface area contributed by atoms with E-state index in [2.05, 4.69) is 10.5 Å². The molecule has 5 heteroatoms. The summed E-state index contributed by atoms with van der Waals surface area (Å²) < 4.78 is 11.2. The Balaban J connectivity index is 1.46. The van der Waals surface area contributed by atoms with E-state index in [0.29, 0.717) is 12.4 Å². The Bertz CT molecular complexity index is 939. The molecule has 1 N–H and O–H groups in total. The number of ether oxygens (including phenoxy) is 2. The quantitative estimate of drug-likeness (QED) is 0.477. The van der Waals surface area contributed by atoms with Crippen molar-refractivity contribution >= 4 is 12.1 Å². The molecule has 0 aliphatic carbocycles. The average Bonchev–Trinajstić information content (AvgIpc) is 2.72. The van der Waals surface area contributed by atoms with Crippen LogP contribution in [0.1, 0.15) is 16.7 Å². The second-order valence-corrected chi connectivity index (χ2v) is 6.25. The third kappa shape index (κ3) is 6.29. The fourth-order valence-corrected chi connectivity index (χ4v) is 2.49. The Morgan fingerprint density at radius 3 is 2.46 bits per heavy atom. The molecule has 1 amide bonds. The number of rotatable bonds is 8. The van der Waals surface area contributed by atoms with Gasteiger partial charge < -0.3 is 9.47 Å². The summed E-state index contributed by atoms with van der Waals surface area (Å²) in [5.41, 5.74) is 5.46. The first-order chi connectivity index (χ1) is 13.7. The van der Waals surface area contributed by atoms with Crippen LogP contribution in [0, 0.1) is 6.92 Å². The SMILES string of the molecule is Cc1cccc(OCC(=O)N/N=C\c2cccc(OCc3ccccc3)c2)c1. The zero-order valence-corrected chi connectivity index (χ0v) is 15.7. The molecule has 0 radical (unpaired) electrons. The van der Waals surface area contributed by atoms with Crippen molar-refractivity contribution in [2.75, 3.05) is 6.61 Å². The summed E-state index contributed by atoms with van der Waals surface area (Å²) in [4.78, 5) is 11.8. The smallest absolute Gasteiger partial charge is 0.277 e. The number of benzene rings is 3. The van der Waals surface area contributed by atoms with Crippen molar-refractivity contribution in [2.24, 2.45) is 5.10 Å². The molecule has 0 atom stereocenters. The molecular formula is C23H22N2O3. The molecule has 0 saturated carbocycles. The van der Waals surface area contributed by atoms with Crippen molar-refractivity contribution in [3.8, 4) is 11.5 Å². The van der Waals surface area contributed by atoms with Crippen LogP contribution in [0.15, 0.2) is 84.0 Å². The van der Waals surface area contributed by atoms with E-state index in [1.54, 1.807) is 6.21 Å². The van der Waals surface area contributed by atoms with Crippen LogP contribution in [0.25, 0.3) is 0 Å². The van der Waals surface area contributed by atoms with E-state index >= 15 is 0 Å². The molecule has 0 aliphatic rings. The minimum absolute atomic E-state index is 0.0962. The van der Waals surface area contributed by atoms with Crippen molar-refractivity contribution in [3.05, 3.63) is 95.6 Å². The molecule has 0 saturated heterocycles. The Morgan fingerprint density at radius 2 is 1.68 bits per heavy atom. The average molecular weight is 374 g/mol. The molecule has 0 aromatic heterocycles. The van der Waals surface area contributed by atoms with Gasteiger partial charge in [0.15, 0.2) is 6.61 Å². The maximum Gasteiger partial charge on any atom is 0.277 e. The fourth-order valence-electron chi connectivity index (χ4n) is 2.49. The molecular weight excluding hydrogens is 352 g/mol. The highest BCUT2D eigenvalue weighted by Gasteiger charge is 2.02. The number of nitrogens with zero attached hydrogens (tertiary/aromatic N) is 1. The number of nitrogens with one attached hydrogen (secondary N) is 1. The molecule has 0 fully saturated rings. The highest BCUT2D eigenvalue weighted by Crippen LogP contribution is 2.14. The normalized spacial score (nSPS) is 10.6. The van der Waals surface area contributed by atoms with Gasteiger partial charge in [0.25, 0.3) is 5.91 Å². The first-order valence-corrected chi connectivity index (χ1v) is 8.97. The molecule has 28 heavy (non-hydrogen) atoms. The summed E-state index contributed by atoms with van der Waals surface area (Å²) in [6.45, 7) is 2.37. The molecule has 3 rings (SSSR count). The maximum absolute atomic E-state index is 11.8. The minimum Gasteiger partial charge on any atom is -0.489 e. The molecule has 142 valence electrons. The van der Waals surface area contributed by atoms with E-state index in [1.165, 1.54) is 0 Å². The van der Waals surface area contributed by atoms with Crippen LogP contribution in [-0.2, 0) is 11.4 Å². The Morgan fingerprint density at radius 1 is 0.929 bits per heavy atom. The number of carbonyl (C=O) groups excluding carboxylic acids is 1. The lowest BCUT2D eigenvalue weighted by Gasteiger charge is -2.07. The van der Waals surface area contributed by atoms with Crippen LogP contribution in [0.3, 0.4) is 0 Å². The van der Waals surface area contributed by atoms with Crippen molar-refractivity contribution < 1.29 is 14.3 Å². The Labute approximate surface area is 164 Å². The topological polar surface area (TPSA) is 59.9 Å². The molecule has 3 aromatic rings. The fraction of sp³-hybridized carbons (Fsp3) is 0.130. The van der Waals surface area contributed by atoms with Gasteiger partial charge in [0.05, 0.1) is 6.21 Å². The van der Waals surface area contributed by atoms with Crippen LogP contribution in [0.4, 0.5) is 0 Å². The summed E-state index contributed by atoms with van der Waals surface area (Å²) in [6, 6.07) is 25.0. The molecule has 3 aromatic carbocycles. The number of carbonyl (C=O) groups is 1. The lowest BCUT2D eigenvalue weighted by Crippen LogP contribution is -2.24. The predicted molar refractivity (Wildman–Crippen MR) is 110 cm³/mol. The third-order valence-corrected chi connectivity index (χ3v) is 3.87. The van der Waals surface area contributed by atoms with Gasteiger partial charge in [-0.3, -0.25) is 4.79 Å². The van der Waals surface area contributed by atoms with Crippen LogP contribution in [0.5, 0.6) is 11.5 Å². The second kappa shape index (κ2) is 9.92. The first-order valence-electron chi connectivity index (χ1n) is 8.97. The first kappa shape index (κ1) is 19.2.